The van der Waals surface area contributed by atoms with Gasteiger partial charge in [0.2, 0.25) is 0 Å². The number of rotatable bonds is 2. The largest absolute Gasteiger partial charge is 0.0888 e. The summed E-state index contributed by atoms with van der Waals surface area (Å²) in [5.41, 5.74) is 7.65. The average molecular weight is 465 g/mol. The van der Waals surface area contributed by atoms with E-state index < -0.39 is 0 Å². The van der Waals surface area contributed by atoms with E-state index in [9.17, 15) is 0 Å². The fourth-order valence-electron chi connectivity index (χ4n) is 4.37. The maximum Gasteiger partial charge on any atom is 0.0207 e. The van der Waals surface area contributed by atoms with Crippen molar-refractivity contribution in [1.82, 2.24) is 0 Å². The maximum absolute atomic E-state index is 3.60. The van der Waals surface area contributed by atoms with Gasteiger partial charge in [0.15, 0.2) is 0 Å². The van der Waals surface area contributed by atoms with Gasteiger partial charge in [-0.1, -0.05) is 100 Å². The van der Waals surface area contributed by atoms with E-state index in [2.05, 4.69) is 119 Å². The predicted octanol–water partition coefficient (Wildman–Crippen LogP) is 9.07. The number of fused-ring (bicyclic) bond motifs is 2. The summed E-state index contributed by atoms with van der Waals surface area (Å²) in [5, 5.41) is 2.69. The van der Waals surface area contributed by atoms with Crippen LogP contribution in [0.2, 0.25) is 0 Å². The Hall–Kier alpha value is -2.81. The van der Waals surface area contributed by atoms with Gasteiger partial charge in [-0.05, 0) is 69.1 Å². The third-order valence-electron chi connectivity index (χ3n) is 5.73. The molecule has 0 N–H and O–H groups in total. The Morgan fingerprint density at radius 1 is 0.500 bits per heavy atom. The monoisotopic (exact) mass is 464 g/mol. The lowest BCUT2D eigenvalue weighted by Gasteiger charge is -2.21. The molecular formula is C28H17BrS. The van der Waals surface area contributed by atoms with E-state index in [1.54, 1.807) is 0 Å². The summed E-state index contributed by atoms with van der Waals surface area (Å²) in [5.74, 6) is 0. The third kappa shape index (κ3) is 2.91. The van der Waals surface area contributed by atoms with Crippen molar-refractivity contribution in [2.45, 2.75) is 9.79 Å². The van der Waals surface area contributed by atoms with E-state index >= 15 is 0 Å². The van der Waals surface area contributed by atoms with Crippen molar-refractivity contribution in [2.75, 3.05) is 0 Å². The number of hydrogen-bond donors (Lipinski definition) is 0. The minimum absolute atomic E-state index is 1.10. The number of halogens is 1. The van der Waals surface area contributed by atoms with Gasteiger partial charge < -0.3 is 0 Å². The first-order chi connectivity index (χ1) is 14.8. The molecule has 0 spiro atoms. The molecule has 1 aliphatic rings. The molecule has 0 radical (unpaired) electrons. The molecule has 6 rings (SSSR count). The van der Waals surface area contributed by atoms with Gasteiger partial charge in [0.25, 0.3) is 0 Å². The first kappa shape index (κ1) is 18.0. The first-order valence-electron chi connectivity index (χ1n) is 9.97. The van der Waals surface area contributed by atoms with E-state index in [1.165, 1.54) is 53.9 Å². The van der Waals surface area contributed by atoms with Gasteiger partial charge in [0.05, 0.1) is 0 Å². The molecule has 0 saturated heterocycles. The van der Waals surface area contributed by atoms with Gasteiger partial charge in [-0.3, -0.25) is 0 Å². The highest BCUT2D eigenvalue weighted by Crippen LogP contribution is 2.49. The lowest BCUT2D eigenvalue weighted by molar-refractivity contribution is 1.40. The molecule has 1 heterocycles. The normalized spacial score (nSPS) is 12.0. The second-order valence-corrected chi connectivity index (χ2v) is 9.53. The van der Waals surface area contributed by atoms with Crippen molar-refractivity contribution in [1.29, 1.82) is 0 Å². The molecule has 0 aliphatic carbocycles. The Labute approximate surface area is 188 Å². The van der Waals surface area contributed by atoms with Gasteiger partial charge in [-0.2, -0.15) is 0 Å². The molecule has 2 heteroatoms. The van der Waals surface area contributed by atoms with Crippen LogP contribution in [0.25, 0.3) is 44.2 Å². The third-order valence-corrected chi connectivity index (χ3v) is 7.36. The summed E-state index contributed by atoms with van der Waals surface area (Å²) in [4.78, 5) is 2.67. The molecule has 5 aromatic carbocycles. The number of benzene rings is 5. The quantitative estimate of drug-likeness (QED) is 0.246. The summed E-state index contributed by atoms with van der Waals surface area (Å²) >= 11 is 5.47. The van der Waals surface area contributed by atoms with E-state index in [-0.39, 0.29) is 0 Å². The molecule has 0 amide bonds. The van der Waals surface area contributed by atoms with Crippen LogP contribution in [0.1, 0.15) is 0 Å². The first-order valence-corrected chi connectivity index (χ1v) is 11.6. The van der Waals surface area contributed by atoms with E-state index in [1.807, 2.05) is 11.8 Å². The van der Waals surface area contributed by atoms with Crippen LogP contribution in [-0.4, -0.2) is 0 Å². The van der Waals surface area contributed by atoms with Crippen LogP contribution in [0, 0.1) is 0 Å². The molecule has 142 valence electrons. The Balaban J connectivity index is 1.57. The van der Waals surface area contributed by atoms with E-state index in [0.717, 1.165) is 4.47 Å². The Bertz CT molecular complexity index is 1430. The SMILES string of the molecule is Brc1cccc(-c2cccc(-c3ccc4c5c(cccc35)Sc3ccccc3-4)c2)c1. The van der Waals surface area contributed by atoms with Gasteiger partial charge in [0, 0.05) is 19.6 Å². The van der Waals surface area contributed by atoms with Crippen LogP contribution >= 0.6 is 27.7 Å². The molecule has 0 unspecified atom stereocenters. The summed E-state index contributed by atoms with van der Waals surface area (Å²) < 4.78 is 1.10. The molecule has 0 atom stereocenters. The van der Waals surface area contributed by atoms with Crippen LogP contribution in [-0.2, 0) is 0 Å². The van der Waals surface area contributed by atoms with Crippen LogP contribution in [0.4, 0.5) is 0 Å². The molecule has 0 fully saturated rings. The zero-order valence-electron chi connectivity index (χ0n) is 16.1. The van der Waals surface area contributed by atoms with Crippen molar-refractivity contribution in [2.24, 2.45) is 0 Å². The van der Waals surface area contributed by atoms with Crippen LogP contribution in [0.5, 0.6) is 0 Å². The summed E-state index contributed by atoms with van der Waals surface area (Å²) in [6.45, 7) is 0. The van der Waals surface area contributed by atoms with Crippen LogP contribution in [0.3, 0.4) is 0 Å². The molecule has 0 saturated carbocycles. The zero-order chi connectivity index (χ0) is 20.1. The fourth-order valence-corrected chi connectivity index (χ4v) is 5.90. The molecule has 30 heavy (non-hydrogen) atoms. The smallest absolute Gasteiger partial charge is 0.0207 e. The lowest BCUT2D eigenvalue weighted by Crippen LogP contribution is -1.94. The second-order valence-electron chi connectivity index (χ2n) is 7.53. The average Bonchev–Trinajstić information content (AvgIpc) is 2.79. The van der Waals surface area contributed by atoms with Gasteiger partial charge in [-0.25, -0.2) is 0 Å². The van der Waals surface area contributed by atoms with Gasteiger partial charge in [-0.15, -0.1) is 0 Å². The van der Waals surface area contributed by atoms with Crippen molar-refractivity contribution in [3.05, 3.63) is 108 Å². The van der Waals surface area contributed by atoms with E-state index in [4.69, 9.17) is 0 Å². The Morgan fingerprint density at radius 3 is 2.10 bits per heavy atom. The summed E-state index contributed by atoms with van der Waals surface area (Å²) in [6, 6.07) is 37.3. The summed E-state index contributed by atoms with van der Waals surface area (Å²) in [7, 11) is 0. The molecule has 0 nitrogen and oxygen atoms in total. The van der Waals surface area contributed by atoms with Crippen LogP contribution in [0.15, 0.2) is 117 Å². The fraction of sp³-hybridized carbons (Fsp3) is 0. The van der Waals surface area contributed by atoms with Crippen molar-refractivity contribution in [3.63, 3.8) is 0 Å². The van der Waals surface area contributed by atoms with Crippen molar-refractivity contribution < 1.29 is 0 Å². The molecular weight excluding hydrogens is 448 g/mol. The highest BCUT2D eigenvalue weighted by Gasteiger charge is 2.20. The highest BCUT2D eigenvalue weighted by molar-refractivity contribution is 9.10. The number of hydrogen-bond acceptors (Lipinski definition) is 1. The topological polar surface area (TPSA) is 0 Å². The standard InChI is InChI=1S/C28H17BrS/c29-21-9-4-7-19(17-21)18-6-3-8-20(16-18)22-14-15-25-23-10-1-2-12-26(23)30-27-13-5-11-24(22)28(25)27/h1-17H. The van der Waals surface area contributed by atoms with E-state index in [0.29, 0.717) is 0 Å². The molecule has 5 aromatic rings. The molecule has 0 aromatic heterocycles. The predicted molar refractivity (Wildman–Crippen MR) is 132 cm³/mol. The zero-order valence-corrected chi connectivity index (χ0v) is 18.5. The molecule has 0 bridgehead atoms. The highest BCUT2D eigenvalue weighted by atomic mass is 79.9. The Morgan fingerprint density at radius 2 is 1.20 bits per heavy atom. The van der Waals surface area contributed by atoms with Gasteiger partial charge >= 0.3 is 0 Å². The minimum Gasteiger partial charge on any atom is -0.0888 e. The van der Waals surface area contributed by atoms with Gasteiger partial charge in [0.1, 0.15) is 0 Å². The second kappa shape index (κ2) is 7.16. The lowest BCUT2D eigenvalue weighted by atomic mass is 9.90. The van der Waals surface area contributed by atoms with Crippen molar-refractivity contribution in [3.8, 4) is 33.4 Å². The molecule has 1 aliphatic heterocycles. The van der Waals surface area contributed by atoms with Crippen LogP contribution < -0.4 is 0 Å². The van der Waals surface area contributed by atoms with Crippen molar-refractivity contribution >= 4 is 38.5 Å². The summed E-state index contributed by atoms with van der Waals surface area (Å²) in [6.07, 6.45) is 0. The Kier molecular flexibility index (Phi) is 4.29. The maximum atomic E-state index is 3.60. The minimum atomic E-state index is 1.10.